The molecule has 0 radical (unpaired) electrons. The van der Waals surface area contributed by atoms with Gasteiger partial charge in [-0.25, -0.2) is 0 Å². The van der Waals surface area contributed by atoms with E-state index in [0.717, 1.165) is 18.6 Å². The molecular weight excluding hydrogens is 160 g/mol. The quantitative estimate of drug-likeness (QED) is 0.610. The Labute approximate surface area is 80.9 Å². The van der Waals surface area contributed by atoms with Gasteiger partial charge in [0.15, 0.2) is 0 Å². The lowest BCUT2D eigenvalue weighted by atomic mass is 9.64. The first-order valence-electron chi connectivity index (χ1n) is 5.55. The van der Waals surface area contributed by atoms with Crippen molar-refractivity contribution in [3.63, 3.8) is 0 Å². The van der Waals surface area contributed by atoms with Crippen LogP contribution in [0.15, 0.2) is 0 Å². The number of hydrogen-bond acceptors (Lipinski definition) is 1. The molecule has 0 aromatic rings. The molecule has 74 valence electrons. The summed E-state index contributed by atoms with van der Waals surface area (Å²) in [6.07, 6.45) is 5.99. The van der Waals surface area contributed by atoms with Gasteiger partial charge in [0.25, 0.3) is 0 Å². The van der Waals surface area contributed by atoms with Crippen molar-refractivity contribution < 1.29 is 4.79 Å². The lowest BCUT2D eigenvalue weighted by molar-refractivity contribution is -0.108. The van der Waals surface area contributed by atoms with Gasteiger partial charge in [-0.05, 0) is 35.5 Å². The van der Waals surface area contributed by atoms with Crippen LogP contribution in [-0.4, -0.2) is 6.29 Å². The van der Waals surface area contributed by atoms with Gasteiger partial charge in [-0.2, -0.15) is 0 Å². The average Bonchev–Trinajstić information content (AvgIpc) is 2.51. The average molecular weight is 180 g/mol. The molecule has 2 aliphatic rings. The molecule has 1 spiro atoms. The molecule has 0 N–H and O–H groups in total. The van der Waals surface area contributed by atoms with E-state index in [-0.39, 0.29) is 0 Å². The lowest BCUT2D eigenvalue weighted by Crippen LogP contribution is -2.32. The first-order chi connectivity index (χ1) is 6.11. The highest BCUT2D eigenvalue weighted by Gasteiger charge is 2.75. The Bertz CT molecular complexity index is 229. The maximum absolute atomic E-state index is 10.6. The second kappa shape index (κ2) is 2.59. The van der Waals surface area contributed by atoms with E-state index in [1.54, 1.807) is 0 Å². The Balaban J connectivity index is 2.13. The summed E-state index contributed by atoms with van der Waals surface area (Å²) in [6, 6.07) is 0. The SMILES string of the molecule is CCC1CCC12C(CC=O)C2(C)C. The molecule has 0 aromatic heterocycles. The van der Waals surface area contributed by atoms with Crippen molar-refractivity contribution in [1.29, 1.82) is 0 Å². The zero-order valence-electron chi connectivity index (χ0n) is 8.97. The predicted octanol–water partition coefficient (Wildman–Crippen LogP) is 3.04. The van der Waals surface area contributed by atoms with Crippen molar-refractivity contribution in [2.24, 2.45) is 22.7 Å². The fraction of sp³-hybridized carbons (Fsp3) is 0.917. The number of carbonyl (C=O) groups is 1. The van der Waals surface area contributed by atoms with Crippen LogP contribution in [0.25, 0.3) is 0 Å². The third kappa shape index (κ3) is 0.858. The van der Waals surface area contributed by atoms with Gasteiger partial charge in [0.1, 0.15) is 6.29 Å². The minimum Gasteiger partial charge on any atom is -0.303 e. The van der Waals surface area contributed by atoms with Gasteiger partial charge in [0.2, 0.25) is 0 Å². The van der Waals surface area contributed by atoms with Crippen LogP contribution in [0.5, 0.6) is 0 Å². The summed E-state index contributed by atoms with van der Waals surface area (Å²) < 4.78 is 0. The first kappa shape index (κ1) is 9.23. The second-order valence-corrected chi connectivity index (χ2v) is 5.36. The van der Waals surface area contributed by atoms with Gasteiger partial charge in [-0.1, -0.05) is 27.2 Å². The molecule has 0 saturated heterocycles. The predicted molar refractivity (Wildman–Crippen MR) is 53.4 cm³/mol. The highest BCUT2D eigenvalue weighted by Crippen LogP contribution is 2.81. The van der Waals surface area contributed by atoms with E-state index in [4.69, 9.17) is 0 Å². The summed E-state index contributed by atoms with van der Waals surface area (Å²) in [7, 11) is 0. The maximum Gasteiger partial charge on any atom is 0.120 e. The Morgan fingerprint density at radius 2 is 2.15 bits per heavy atom. The molecule has 0 bridgehead atoms. The normalized spacial score (nSPS) is 45.8. The summed E-state index contributed by atoms with van der Waals surface area (Å²) >= 11 is 0. The van der Waals surface area contributed by atoms with Crippen LogP contribution in [-0.2, 0) is 4.79 Å². The van der Waals surface area contributed by atoms with Crippen LogP contribution in [0.3, 0.4) is 0 Å². The summed E-state index contributed by atoms with van der Waals surface area (Å²) in [4.78, 5) is 10.6. The van der Waals surface area contributed by atoms with Gasteiger partial charge < -0.3 is 4.79 Å². The van der Waals surface area contributed by atoms with E-state index >= 15 is 0 Å². The van der Waals surface area contributed by atoms with Crippen LogP contribution in [0.4, 0.5) is 0 Å². The van der Waals surface area contributed by atoms with Gasteiger partial charge in [-0.15, -0.1) is 0 Å². The molecule has 0 heterocycles. The highest BCUT2D eigenvalue weighted by atomic mass is 16.1. The highest BCUT2D eigenvalue weighted by molar-refractivity contribution is 5.52. The third-order valence-electron chi connectivity index (χ3n) is 5.07. The fourth-order valence-electron chi connectivity index (χ4n) is 4.14. The van der Waals surface area contributed by atoms with Gasteiger partial charge >= 0.3 is 0 Å². The van der Waals surface area contributed by atoms with Crippen LogP contribution in [0.1, 0.15) is 46.5 Å². The Kier molecular flexibility index (Phi) is 1.84. The van der Waals surface area contributed by atoms with Crippen LogP contribution in [0, 0.1) is 22.7 Å². The van der Waals surface area contributed by atoms with Crippen molar-refractivity contribution in [2.45, 2.75) is 46.5 Å². The minimum atomic E-state index is 0.451. The van der Waals surface area contributed by atoms with Crippen molar-refractivity contribution in [1.82, 2.24) is 0 Å². The molecule has 0 aromatic carbocycles. The molecule has 3 atom stereocenters. The van der Waals surface area contributed by atoms with Crippen molar-refractivity contribution in [2.75, 3.05) is 0 Å². The summed E-state index contributed by atoms with van der Waals surface area (Å²) in [5, 5.41) is 0. The third-order valence-corrected chi connectivity index (χ3v) is 5.07. The summed E-state index contributed by atoms with van der Waals surface area (Å²) in [5.74, 6) is 1.60. The zero-order valence-corrected chi connectivity index (χ0v) is 8.97. The number of carbonyl (C=O) groups excluding carboxylic acids is 1. The molecule has 13 heavy (non-hydrogen) atoms. The lowest BCUT2D eigenvalue weighted by Gasteiger charge is -2.40. The standard InChI is InChI=1S/C12H20O/c1-4-9-5-7-12(9)10(6-8-13)11(12,2)3/h8-10H,4-7H2,1-3H3. The van der Waals surface area contributed by atoms with E-state index in [9.17, 15) is 4.79 Å². The van der Waals surface area contributed by atoms with Crippen LogP contribution >= 0.6 is 0 Å². The summed E-state index contributed by atoms with van der Waals surface area (Å²) in [5.41, 5.74) is 1.02. The molecule has 1 nitrogen and oxygen atoms in total. The minimum absolute atomic E-state index is 0.451. The topological polar surface area (TPSA) is 17.1 Å². The van der Waals surface area contributed by atoms with Crippen molar-refractivity contribution >= 4 is 6.29 Å². The zero-order chi connectivity index (χ0) is 9.69. The fourth-order valence-corrected chi connectivity index (χ4v) is 4.14. The first-order valence-corrected chi connectivity index (χ1v) is 5.55. The largest absolute Gasteiger partial charge is 0.303 e. The van der Waals surface area contributed by atoms with Crippen molar-refractivity contribution in [3.8, 4) is 0 Å². The Morgan fingerprint density at radius 1 is 1.46 bits per heavy atom. The van der Waals surface area contributed by atoms with Gasteiger partial charge in [-0.3, -0.25) is 0 Å². The van der Waals surface area contributed by atoms with Crippen LogP contribution in [0.2, 0.25) is 0 Å². The maximum atomic E-state index is 10.6. The number of rotatable bonds is 3. The molecule has 0 amide bonds. The Morgan fingerprint density at radius 3 is 2.54 bits per heavy atom. The second-order valence-electron chi connectivity index (χ2n) is 5.36. The molecule has 3 unspecified atom stereocenters. The smallest absolute Gasteiger partial charge is 0.120 e. The van der Waals surface area contributed by atoms with Crippen molar-refractivity contribution in [3.05, 3.63) is 0 Å². The number of aldehydes is 1. The molecule has 1 heteroatoms. The monoisotopic (exact) mass is 180 g/mol. The molecule has 2 saturated carbocycles. The molecule has 2 fully saturated rings. The number of hydrogen-bond donors (Lipinski definition) is 0. The molecular formula is C12H20O. The Hall–Kier alpha value is -0.330. The van der Waals surface area contributed by atoms with E-state index in [1.807, 2.05) is 0 Å². The summed E-state index contributed by atoms with van der Waals surface area (Å²) in [6.45, 7) is 6.99. The van der Waals surface area contributed by atoms with Crippen LogP contribution < -0.4 is 0 Å². The molecule has 0 aliphatic heterocycles. The van der Waals surface area contributed by atoms with E-state index in [0.29, 0.717) is 16.7 Å². The van der Waals surface area contributed by atoms with Gasteiger partial charge in [0.05, 0.1) is 0 Å². The molecule has 2 rings (SSSR count). The molecule has 2 aliphatic carbocycles. The van der Waals surface area contributed by atoms with E-state index < -0.39 is 0 Å². The van der Waals surface area contributed by atoms with Gasteiger partial charge in [0, 0.05) is 6.42 Å². The van der Waals surface area contributed by atoms with E-state index in [1.165, 1.54) is 19.3 Å². The van der Waals surface area contributed by atoms with E-state index in [2.05, 4.69) is 20.8 Å².